The summed E-state index contributed by atoms with van der Waals surface area (Å²) in [6.07, 6.45) is 0.328. The van der Waals surface area contributed by atoms with Crippen molar-refractivity contribution in [3.8, 4) is 0 Å². The van der Waals surface area contributed by atoms with Crippen LogP contribution in [-0.2, 0) is 11.2 Å². The minimum atomic E-state index is -0.920. The SMILES string of the molecule is O=[N+]([O-])c1cc(CC2CNCCO2)c(Cl)cc1F. The van der Waals surface area contributed by atoms with Crippen molar-refractivity contribution in [2.24, 2.45) is 0 Å². The fraction of sp³-hybridized carbons (Fsp3) is 0.455. The van der Waals surface area contributed by atoms with E-state index in [0.29, 0.717) is 25.1 Å². The van der Waals surface area contributed by atoms with Crippen LogP contribution in [0.4, 0.5) is 10.1 Å². The van der Waals surface area contributed by atoms with Gasteiger partial charge in [-0.25, -0.2) is 0 Å². The van der Waals surface area contributed by atoms with Gasteiger partial charge in [0, 0.05) is 30.6 Å². The van der Waals surface area contributed by atoms with Crippen LogP contribution in [0.15, 0.2) is 12.1 Å². The molecule has 1 aliphatic heterocycles. The van der Waals surface area contributed by atoms with Crippen molar-refractivity contribution in [3.05, 3.63) is 38.7 Å². The molecule has 1 N–H and O–H groups in total. The molecule has 0 aliphatic carbocycles. The lowest BCUT2D eigenvalue weighted by atomic mass is 10.1. The van der Waals surface area contributed by atoms with Crippen molar-refractivity contribution in [1.82, 2.24) is 5.32 Å². The average molecular weight is 275 g/mol. The Kier molecular flexibility index (Phi) is 4.11. The monoisotopic (exact) mass is 274 g/mol. The molecule has 18 heavy (non-hydrogen) atoms. The van der Waals surface area contributed by atoms with E-state index in [1.54, 1.807) is 0 Å². The van der Waals surface area contributed by atoms with Gasteiger partial charge in [-0.1, -0.05) is 11.6 Å². The lowest BCUT2D eigenvalue weighted by Gasteiger charge is -2.23. The minimum Gasteiger partial charge on any atom is -0.375 e. The Morgan fingerprint density at radius 2 is 2.39 bits per heavy atom. The first kappa shape index (κ1) is 13.2. The van der Waals surface area contributed by atoms with Gasteiger partial charge in [-0.2, -0.15) is 4.39 Å². The summed E-state index contributed by atoms with van der Waals surface area (Å²) in [5.41, 5.74) is -0.0309. The van der Waals surface area contributed by atoms with E-state index in [9.17, 15) is 14.5 Å². The molecule has 0 amide bonds. The van der Waals surface area contributed by atoms with Crippen molar-refractivity contribution >= 4 is 17.3 Å². The molecule has 1 fully saturated rings. The average Bonchev–Trinajstić information content (AvgIpc) is 2.33. The van der Waals surface area contributed by atoms with Crippen molar-refractivity contribution in [2.45, 2.75) is 12.5 Å². The van der Waals surface area contributed by atoms with Gasteiger partial charge in [0.15, 0.2) is 0 Å². The third-order valence-corrected chi connectivity index (χ3v) is 3.12. The summed E-state index contributed by atoms with van der Waals surface area (Å²) < 4.78 is 18.8. The summed E-state index contributed by atoms with van der Waals surface area (Å²) in [6.45, 7) is 2.03. The number of morpholine rings is 1. The molecule has 1 saturated heterocycles. The van der Waals surface area contributed by atoms with Gasteiger partial charge >= 0.3 is 5.69 Å². The van der Waals surface area contributed by atoms with Gasteiger partial charge in [0.25, 0.3) is 0 Å². The maximum Gasteiger partial charge on any atom is 0.305 e. The molecule has 0 saturated carbocycles. The predicted molar refractivity (Wildman–Crippen MR) is 64.4 cm³/mol. The van der Waals surface area contributed by atoms with Gasteiger partial charge in [0.1, 0.15) is 0 Å². The molecule has 98 valence electrons. The summed E-state index contributed by atoms with van der Waals surface area (Å²) in [5, 5.41) is 14.0. The normalized spacial score (nSPS) is 19.8. The molecule has 0 radical (unpaired) electrons. The van der Waals surface area contributed by atoms with Gasteiger partial charge < -0.3 is 10.1 Å². The first-order valence-corrected chi connectivity index (χ1v) is 5.90. The summed E-state index contributed by atoms with van der Waals surface area (Å²) in [4.78, 5) is 9.90. The predicted octanol–water partition coefficient (Wildman–Crippen LogP) is 1.92. The van der Waals surface area contributed by atoms with Crippen LogP contribution in [0.2, 0.25) is 5.02 Å². The van der Waals surface area contributed by atoms with Crippen LogP contribution in [0, 0.1) is 15.9 Å². The lowest BCUT2D eigenvalue weighted by Crippen LogP contribution is -2.39. The van der Waals surface area contributed by atoms with Crippen LogP contribution in [0.3, 0.4) is 0 Å². The first-order chi connectivity index (χ1) is 8.58. The highest BCUT2D eigenvalue weighted by Gasteiger charge is 2.21. The number of halogens is 2. The van der Waals surface area contributed by atoms with Crippen LogP contribution in [0.1, 0.15) is 5.56 Å². The third-order valence-electron chi connectivity index (χ3n) is 2.76. The minimum absolute atomic E-state index is 0.0960. The van der Waals surface area contributed by atoms with Crippen LogP contribution >= 0.6 is 11.6 Å². The van der Waals surface area contributed by atoms with Crippen molar-refractivity contribution in [1.29, 1.82) is 0 Å². The number of nitro benzene ring substituents is 1. The Bertz CT molecular complexity index is 464. The third kappa shape index (κ3) is 2.95. The maximum atomic E-state index is 13.3. The van der Waals surface area contributed by atoms with Gasteiger partial charge in [0.05, 0.1) is 17.6 Å². The zero-order valence-electron chi connectivity index (χ0n) is 9.49. The van der Waals surface area contributed by atoms with Crippen LogP contribution in [0.5, 0.6) is 0 Å². The molecular weight excluding hydrogens is 263 g/mol. The molecule has 1 aliphatic rings. The molecule has 1 heterocycles. The number of benzene rings is 1. The summed E-state index contributed by atoms with van der Waals surface area (Å²) in [6, 6.07) is 2.15. The molecule has 2 rings (SSSR count). The van der Waals surface area contributed by atoms with E-state index in [2.05, 4.69) is 5.32 Å². The Hall–Kier alpha value is -1.24. The number of hydrogen-bond acceptors (Lipinski definition) is 4. The standard InChI is InChI=1S/C11H12ClFN2O3/c12-9-5-10(13)11(15(16)17)4-7(9)3-8-6-14-1-2-18-8/h4-5,8,14H,1-3,6H2. The van der Waals surface area contributed by atoms with Crippen molar-refractivity contribution in [3.63, 3.8) is 0 Å². The Labute approximate surface area is 108 Å². The van der Waals surface area contributed by atoms with E-state index in [4.69, 9.17) is 16.3 Å². The van der Waals surface area contributed by atoms with E-state index in [0.717, 1.165) is 12.6 Å². The number of nitrogens with one attached hydrogen (secondary N) is 1. The molecule has 7 heteroatoms. The zero-order chi connectivity index (χ0) is 13.1. The number of ether oxygens (including phenoxy) is 1. The topological polar surface area (TPSA) is 64.4 Å². The van der Waals surface area contributed by atoms with Crippen molar-refractivity contribution < 1.29 is 14.1 Å². The summed E-state index contributed by atoms with van der Waals surface area (Å²) in [5.74, 6) is -0.920. The number of nitro groups is 1. The molecule has 0 bridgehead atoms. The van der Waals surface area contributed by atoms with E-state index in [1.807, 2.05) is 0 Å². The van der Waals surface area contributed by atoms with Crippen molar-refractivity contribution in [2.75, 3.05) is 19.7 Å². The number of rotatable bonds is 3. The Balaban J connectivity index is 2.21. The Morgan fingerprint density at radius 1 is 1.61 bits per heavy atom. The quantitative estimate of drug-likeness (QED) is 0.676. The van der Waals surface area contributed by atoms with E-state index in [-0.39, 0.29) is 11.1 Å². The van der Waals surface area contributed by atoms with Crippen LogP contribution in [0.25, 0.3) is 0 Å². The van der Waals surface area contributed by atoms with E-state index >= 15 is 0 Å². The second kappa shape index (κ2) is 5.60. The van der Waals surface area contributed by atoms with Gasteiger partial charge in [0.2, 0.25) is 5.82 Å². The lowest BCUT2D eigenvalue weighted by molar-refractivity contribution is -0.387. The molecule has 5 nitrogen and oxygen atoms in total. The highest BCUT2D eigenvalue weighted by Crippen LogP contribution is 2.27. The number of nitrogens with zero attached hydrogens (tertiary/aromatic N) is 1. The van der Waals surface area contributed by atoms with Crippen LogP contribution in [-0.4, -0.2) is 30.7 Å². The largest absolute Gasteiger partial charge is 0.375 e. The van der Waals surface area contributed by atoms with E-state index in [1.165, 1.54) is 6.07 Å². The molecular formula is C11H12ClFN2O3. The molecule has 1 unspecified atom stereocenters. The molecule has 1 aromatic carbocycles. The maximum absolute atomic E-state index is 13.3. The zero-order valence-corrected chi connectivity index (χ0v) is 10.2. The van der Waals surface area contributed by atoms with Gasteiger partial charge in [-0.15, -0.1) is 0 Å². The fourth-order valence-corrected chi connectivity index (χ4v) is 2.10. The van der Waals surface area contributed by atoms with Gasteiger partial charge in [-0.3, -0.25) is 10.1 Å². The smallest absolute Gasteiger partial charge is 0.305 e. The second-order valence-electron chi connectivity index (χ2n) is 4.05. The Morgan fingerprint density at radius 3 is 3.00 bits per heavy atom. The summed E-state index contributed by atoms with van der Waals surface area (Å²) in [7, 11) is 0. The molecule has 0 aromatic heterocycles. The summed E-state index contributed by atoms with van der Waals surface area (Å²) >= 11 is 5.89. The van der Waals surface area contributed by atoms with Crippen LogP contribution < -0.4 is 5.32 Å². The first-order valence-electron chi connectivity index (χ1n) is 5.52. The highest BCUT2D eigenvalue weighted by atomic mass is 35.5. The number of hydrogen-bond donors (Lipinski definition) is 1. The molecule has 1 atom stereocenters. The van der Waals surface area contributed by atoms with E-state index < -0.39 is 16.4 Å². The highest BCUT2D eigenvalue weighted by molar-refractivity contribution is 6.31. The second-order valence-corrected chi connectivity index (χ2v) is 4.46. The molecule has 1 aromatic rings. The fourth-order valence-electron chi connectivity index (χ4n) is 1.87. The van der Waals surface area contributed by atoms with Gasteiger partial charge in [-0.05, 0) is 11.6 Å². The molecule has 0 spiro atoms.